The monoisotopic (exact) mass is 252 g/mol. The van der Waals surface area contributed by atoms with E-state index in [0.29, 0.717) is 18.5 Å². The number of carboxylic acid groups (broad SMARTS) is 1. The Kier molecular flexibility index (Phi) is 3.26. The van der Waals surface area contributed by atoms with Crippen LogP contribution in [-0.2, 0) is 20.9 Å². The van der Waals surface area contributed by atoms with Crippen LogP contribution in [0, 0.1) is 0 Å². The molecule has 8 nitrogen and oxygen atoms in total. The van der Waals surface area contributed by atoms with E-state index in [1.807, 2.05) is 0 Å². The van der Waals surface area contributed by atoms with Crippen LogP contribution in [0.4, 0.5) is 5.69 Å². The Morgan fingerprint density at radius 1 is 1.61 bits per heavy atom. The van der Waals surface area contributed by atoms with Gasteiger partial charge in [0, 0.05) is 12.6 Å². The van der Waals surface area contributed by atoms with Crippen molar-refractivity contribution in [2.75, 3.05) is 5.32 Å². The van der Waals surface area contributed by atoms with Gasteiger partial charge >= 0.3 is 5.97 Å². The highest BCUT2D eigenvalue weighted by Gasteiger charge is 2.27. The number of nitrogens with one attached hydrogen (secondary N) is 2. The average molecular weight is 252 g/mol. The number of carbonyl (C=O) groups excluding carboxylic acids is 2. The lowest BCUT2D eigenvalue weighted by Gasteiger charge is -2.08. The second kappa shape index (κ2) is 4.86. The van der Waals surface area contributed by atoms with Crippen molar-refractivity contribution in [1.29, 1.82) is 0 Å². The number of amides is 2. The first-order valence-corrected chi connectivity index (χ1v) is 5.39. The average Bonchev–Trinajstić information content (AvgIpc) is 2.87. The van der Waals surface area contributed by atoms with E-state index in [0.717, 1.165) is 0 Å². The fourth-order valence-electron chi connectivity index (χ4n) is 1.69. The molecule has 1 aliphatic rings. The lowest BCUT2D eigenvalue weighted by atomic mass is 10.2. The topological polar surface area (TPSA) is 113 Å². The molecule has 8 heteroatoms. The van der Waals surface area contributed by atoms with Gasteiger partial charge in [-0.3, -0.25) is 19.1 Å². The normalized spacial score (nSPS) is 18.4. The molecule has 1 atom stereocenters. The predicted molar refractivity (Wildman–Crippen MR) is 59.7 cm³/mol. The van der Waals surface area contributed by atoms with E-state index in [-0.39, 0.29) is 18.4 Å². The molecule has 96 valence electrons. The van der Waals surface area contributed by atoms with Crippen LogP contribution in [0.5, 0.6) is 0 Å². The summed E-state index contributed by atoms with van der Waals surface area (Å²) in [5.41, 5.74) is 0.405. The number of hydrogen-bond donors (Lipinski definition) is 3. The Bertz CT molecular complexity index is 496. The molecule has 2 rings (SSSR count). The lowest BCUT2D eigenvalue weighted by molar-refractivity contribution is -0.137. The Hall–Kier alpha value is -2.38. The summed E-state index contributed by atoms with van der Waals surface area (Å²) in [6, 6.07) is -0.527. The minimum Gasteiger partial charge on any atom is -0.480 e. The van der Waals surface area contributed by atoms with Crippen LogP contribution in [-0.4, -0.2) is 38.7 Å². The number of aromatic nitrogens is 2. The van der Waals surface area contributed by atoms with Gasteiger partial charge in [-0.15, -0.1) is 0 Å². The van der Waals surface area contributed by atoms with Gasteiger partial charge in [0.15, 0.2) is 0 Å². The molecule has 1 aromatic rings. The first-order chi connectivity index (χ1) is 8.54. The first kappa shape index (κ1) is 12.1. The molecule has 0 bridgehead atoms. The quantitative estimate of drug-likeness (QED) is 0.648. The van der Waals surface area contributed by atoms with E-state index in [4.69, 9.17) is 5.11 Å². The molecule has 1 saturated heterocycles. The molecule has 0 saturated carbocycles. The van der Waals surface area contributed by atoms with Crippen LogP contribution in [0.3, 0.4) is 0 Å². The molecule has 18 heavy (non-hydrogen) atoms. The molecule has 0 spiro atoms. The Balaban J connectivity index is 1.93. The van der Waals surface area contributed by atoms with Crippen LogP contribution in [0.1, 0.15) is 12.8 Å². The van der Waals surface area contributed by atoms with Crippen LogP contribution in [0.2, 0.25) is 0 Å². The number of aliphatic carboxylic acids is 1. The summed E-state index contributed by atoms with van der Waals surface area (Å²) in [6.07, 6.45) is 3.59. The molecule has 1 aliphatic heterocycles. The van der Waals surface area contributed by atoms with Gasteiger partial charge in [-0.2, -0.15) is 5.10 Å². The molecular weight excluding hydrogens is 240 g/mol. The second-order valence-electron chi connectivity index (χ2n) is 3.97. The maximum atomic E-state index is 11.7. The molecule has 3 N–H and O–H groups in total. The fourth-order valence-corrected chi connectivity index (χ4v) is 1.69. The highest BCUT2D eigenvalue weighted by molar-refractivity contribution is 5.98. The standard InChI is InChI=1S/C10H12N4O4/c15-8-2-1-7(13-8)10(18)12-6-3-11-14(4-6)5-9(16)17/h3-4,7H,1-2,5H2,(H,12,18)(H,13,15)(H,16,17). The molecule has 1 fully saturated rings. The van der Waals surface area contributed by atoms with Crippen molar-refractivity contribution < 1.29 is 19.5 Å². The Labute approximate surface area is 102 Å². The summed E-state index contributed by atoms with van der Waals surface area (Å²) < 4.78 is 1.20. The van der Waals surface area contributed by atoms with Crippen molar-refractivity contribution in [3.8, 4) is 0 Å². The highest BCUT2D eigenvalue weighted by atomic mass is 16.4. The molecule has 1 aromatic heterocycles. The summed E-state index contributed by atoms with van der Waals surface area (Å²) in [4.78, 5) is 33.1. The largest absolute Gasteiger partial charge is 0.480 e. The van der Waals surface area contributed by atoms with Crippen LogP contribution in [0.15, 0.2) is 12.4 Å². The van der Waals surface area contributed by atoms with Crippen molar-refractivity contribution in [2.24, 2.45) is 0 Å². The van der Waals surface area contributed by atoms with Gasteiger partial charge in [-0.05, 0) is 6.42 Å². The molecule has 0 aromatic carbocycles. The van der Waals surface area contributed by atoms with Crippen LogP contribution < -0.4 is 10.6 Å². The zero-order valence-electron chi connectivity index (χ0n) is 9.42. The van der Waals surface area contributed by atoms with Gasteiger partial charge in [0.25, 0.3) is 0 Å². The minimum atomic E-state index is -1.01. The number of nitrogens with zero attached hydrogens (tertiary/aromatic N) is 2. The van der Waals surface area contributed by atoms with E-state index >= 15 is 0 Å². The number of carboxylic acids is 1. The summed E-state index contributed by atoms with van der Waals surface area (Å²) in [7, 11) is 0. The van der Waals surface area contributed by atoms with E-state index in [1.54, 1.807) is 0 Å². The van der Waals surface area contributed by atoms with Gasteiger partial charge in [0.2, 0.25) is 11.8 Å². The third-order valence-corrected chi connectivity index (χ3v) is 2.51. The Morgan fingerprint density at radius 3 is 3.00 bits per heavy atom. The van der Waals surface area contributed by atoms with Crippen molar-refractivity contribution in [1.82, 2.24) is 15.1 Å². The summed E-state index contributed by atoms with van der Waals surface area (Å²) in [5.74, 6) is -1.48. The maximum absolute atomic E-state index is 11.7. The fraction of sp³-hybridized carbons (Fsp3) is 0.400. The molecule has 2 amide bonds. The van der Waals surface area contributed by atoms with Crippen molar-refractivity contribution in [3.05, 3.63) is 12.4 Å². The number of rotatable bonds is 4. The molecule has 1 unspecified atom stereocenters. The molecular formula is C10H12N4O4. The van der Waals surface area contributed by atoms with Gasteiger partial charge in [0.05, 0.1) is 11.9 Å². The number of hydrogen-bond acceptors (Lipinski definition) is 4. The lowest BCUT2D eigenvalue weighted by Crippen LogP contribution is -2.37. The predicted octanol–water partition coefficient (Wildman–Crippen LogP) is -0.815. The number of carbonyl (C=O) groups is 3. The molecule has 2 heterocycles. The van der Waals surface area contributed by atoms with Crippen molar-refractivity contribution in [2.45, 2.75) is 25.4 Å². The van der Waals surface area contributed by atoms with Gasteiger partial charge < -0.3 is 15.7 Å². The van der Waals surface area contributed by atoms with E-state index in [1.165, 1.54) is 17.1 Å². The van der Waals surface area contributed by atoms with Gasteiger partial charge in [0.1, 0.15) is 12.6 Å². The van der Waals surface area contributed by atoms with Gasteiger partial charge in [-0.1, -0.05) is 0 Å². The van der Waals surface area contributed by atoms with Crippen LogP contribution >= 0.6 is 0 Å². The van der Waals surface area contributed by atoms with E-state index < -0.39 is 12.0 Å². The van der Waals surface area contributed by atoms with E-state index in [9.17, 15) is 14.4 Å². The zero-order chi connectivity index (χ0) is 13.1. The minimum absolute atomic E-state index is 0.142. The van der Waals surface area contributed by atoms with E-state index in [2.05, 4.69) is 15.7 Å². The third kappa shape index (κ3) is 2.84. The second-order valence-corrected chi connectivity index (χ2v) is 3.97. The molecule has 0 aliphatic carbocycles. The highest BCUT2D eigenvalue weighted by Crippen LogP contribution is 2.10. The smallest absolute Gasteiger partial charge is 0.325 e. The zero-order valence-corrected chi connectivity index (χ0v) is 9.42. The summed E-state index contributed by atoms with van der Waals surface area (Å²) in [6.45, 7) is -0.268. The first-order valence-electron chi connectivity index (χ1n) is 5.39. The maximum Gasteiger partial charge on any atom is 0.325 e. The number of anilines is 1. The summed E-state index contributed by atoms with van der Waals surface area (Å²) >= 11 is 0. The summed E-state index contributed by atoms with van der Waals surface area (Å²) in [5, 5.41) is 17.5. The van der Waals surface area contributed by atoms with Gasteiger partial charge in [-0.25, -0.2) is 0 Å². The Morgan fingerprint density at radius 2 is 2.39 bits per heavy atom. The van der Waals surface area contributed by atoms with Crippen molar-refractivity contribution >= 4 is 23.5 Å². The SMILES string of the molecule is O=C(O)Cn1cc(NC(=O)C2CCC(=O)N2)cn1. The third-order valence-electron chi connectivity index (χ3n) is 2.51. The van der Waals surface area contributed by atoms with Crippen LogP contribution in [0.25, 0.3) is 0 Å². The molecule has 0 radical (unpaired) electrons. The van der Waals surface area contributed by atoms with Crippen molar-refractivity contribution in [3.63, 3.8) is 0 Å².